The Bertz CT molecular complexity index is 943. The van der Waals surface area contributed by atoms with E-state index in [1.807, 2.05) is 27.7 Å². The van der Waals surface area contributed by atoms with Gasteiger partial charge in [0.05, 0.1) is 16.9 Å². The number of aliphatic hydroxyl groups is 1. The Hall–Kier alpha value is -1.84. The molecule has 160 valence electrons. The van der Waals surface area contributed by atoms with Crippen molar-refractivity contribution in [3.63, 3.8) is 0 Å². The molecule has 0 aliphatic heterocycles. The van der Waals surface area contributed by atoms with Crippen molar-refractivity contribution < 1.29 is 18.5 Å². The first-order valence-electron chi connectivity index (χ1n) is 9.32. The first-order valence-corrected chi connectivity index (χ1v) is 11.2. The Morgan fingerprint density at radius 1 is 1.28 bits per heavy atom. The molecule has 0 atom stereocenters. The number of rotatable bonds is 7. The summed E-state index contributed by atoms with van der Waals surface area (Å²) < 4.78 is 32.5. The van der Waals surface area contributed by atoms with Crippen molar-refractivity contribution in [1.82, 2.24) is 4.98 Å². The van der Waals surface area contributed by atoms with E-state index in [0.29, 0.717) is 10.0 Å². The Morgan fingerprint density at radius 2 is 1.83 bits per heavy atom. The minimum atomic E-state index is -2.01. The molecule has 0 fully saturated rings. The molecule has 0 unspecified atom stereocenters. The number of anilines is 1. The van der Waals surface area contributed by atoms with E-state index in [-0.39, 0.29) is 24.1 Å². The highest BCUT2D eigenvalue weighted by Gasteiger charge is 2.19. The van der Waals surface area contributed by atoms with Crippen LogP contribution in [0.4, 0.5) is 9.52 Å². The maximum atomic E-state index is 14.0. The maximum absolute atomic E-state index is 14.0. The highest BCUT2D eigenvalue weighted by Crippen LogP contribution is 2.30. The predicted octanol–water partition coefficient (Wildman–Crippen LogP) is 5.00. The lowest BCUT2D eigenvalue weighted by Crippen LogP contribution is -2.12. The second kappa shape index (κ2) is 9.32. The summed E-state index contributed by atoms with van der Waals surface area (Å²) in [5, 5.41) is 10.3. The quantitative estimate of drug-likeness (QED) is 0.593. The van der Waals surface area contributed by atoms with Crippen LogP contribution in [0.2, 0.25) is 0 Å². The number of amides is 1. The minimum absolute atomic E-state index is 0.0326. The number of carbonyl (C=O) groups excluding carboxylic acids is 1. The molecule has 0 bridgehead atoms. The fourth-order valence-corrected chi connectivity index (χ4v) is 4.44. The van der Waals surface area contributed by atoms with Crippen LogP contribution in [0.15, 0.2) is 22.7 Å². The van der Waals surface area contributed by atoms with Gasteiger partial charge in [-0.1, -0.05) is 38.5 Å². The molecule has 2 aromatic rings. The van der Waals surface area contributed by atoms with Crippen LogP contribution in [0.5, 0.6) is 0 Å². The Morgan fingerprint density at radius 3 is 2.28 bits per heavy atom. The minimum Gasteiger partial charge on any atom is -0.424 e. The normalized spacial score (nSPS) is 13.3. The zero-order valence-electron chi connectivity index (χ0n) is 17.4. The van der Waals surface area contributed by atoms with E-state index in [9.17, 15) is 18.5 Å². The smallest absolute Gasteiger partial charge is 0.228 e. The predicted molar refractivity (Wildman–Crippen MR) is 115 cm³/mol. The standard InChI is InChI=1S/C20H27FN3O3S2/c1-11(2)14-7-13(21)8-15(12(3)4)16(14)9-18(25)23-29(27)24-19-22-10-17(28-19)20(5,6)26/h7-8,10-12,26H,9H2,1-6H3,(H,22,23,24,25,27)/q-1. The van der Waals surface area contributed by atoms with E-state index in [1.54, 1.807) is 13.8 Å². The number of nitrogens with zero attached hydrogens (tertiary/aromatic N) is 2. The average molecular weight is 441 g/mol. The van der Waals surface area contributed by atoms with Crippen LogP contribution < -0.4 is 4.72 Å². The van der Waals surface area contributed by atoms with Crippen molar-refractivity contribution in [3.05, 3.63) is 45.7 Å². The van der Waals surface area contributed by atoms with Gasteiger partial charge in [-0.25, -0.2) is 9.37 Å². The van der Waals surface area contributed by atoms with Crippen LogP contribution in [0, 0.1) is 5.82 Å². The number of hydrogen-bond acceptors (Lipinski definition) is 6. The third-order valence-electron chi connectivity index (χ3n) is 4.32. The molecular formula is C20H27FN3O3S2-. The monoisotopic (exact) mass is 440 g/mol. The number of thiazole rings is 1. The molecule has 9 heteroatoms. The lowest BCUT2D eigenvalue weighted by molar-refractivity contribution is -0.117. The van der Waals surface area contributed by atoms with Crippen LogP contribution in [-0.2, 0) is 31.8 Å². The van der Waals surface area contributed by atoms with E-state index in [0.717, 1.165) is 28.0 Å². The Balaban J connectivity index is 2.24. The number of nitrogens with one attached hydrogen (secondary N) is 1. The summed E-state index contributed by atoms with van der Waals surface area (Å²) >= 11 is 1.14. The van der Waals surface area contributed by atoms with Gasteiger partial charge in [0.2, 0.25) is 5.91 Å². The summed E-state index contributed by atoms with van der Waals surface area (Å²) in [7, 11) is -2.01. The molecule has 2 N–H and O–H groups in total. The van der Waals surface area contributed by atoms with Gasteiger partial charge in [-0.15, -0.1) is 11.3 Å². The second-order valence-corrected chi connectivity index (χ2v) is 9.89. The summed E-state index contributed by atoms with van der Waals surface area (Å²) in [5.74, 6) is -0.830. The van der Waals surface area contributed by atoms with Crippen LogP contribution in [0.25, 0.3) is 0 Å². The molecule has 1 amide bonds. The lowest BCUT2D eigenvalue weighted by Gasteiger charge is -2.19. The van der Waals surface area contributed by atoms with E-state index in [1.165, 1.54) is 18.3 Å². The maximum Gasteiger partial charge on any atom is 0.228 e. The van der Waals surface area contributed by atoms with Gasteiger partial charge in [-0.3, -0.25) is 4.79 Å². The van der Waals surface area contributed by atoms with E-state index < -0.39 is 22.3 Å². The largest absolute Gasteiger partial charge is 0.424 e. The first-order chi connectivity index (χ1) is 13.4. The molecule has 0 radical (unpaired) electrons. The third kappa shape index (κ3) is 6.32. The molecule has 0 aliphatic rings. The van der Waals surface area contributed by atoms with Crippen molar-refractivity contribution in [2.45, 2.75) is 65.4 Å². The molecule has 0 aliphatic carbocycles. The van der Waals surface area contributed by atoms with Gasteiger partial charge in [0.25, 0.3) is 0 Å². The van der Waals surface area contributed by atoms with E-state index in [2.05, 4.69) is 14.1 Å². The highest BCUT2D eigenvalue weighted by molar-refractivity contribution is 7.76. The summed E-state index contributed by atoms with van der Waals surface area (Å²) in [6.07, 6.45) is 1.43. The topological polar surface area (TPSA) is 91.7 Å². The average Bonchev–Trinajstić information content (AvgIpc) is 3.04. The molecule has 6 nitrogen and oxygen atoms in total. The zero-order valence-corrected chi connectivity index (χ0v) is 19.1. The fraction of sp³-hybridized carbons (Fsp3) is 0.500. The van der Waals surface area contributed by atoms with Crippen molar-refractivity contribution in [2.24, 2.45) is 4.36 Å². The molecule has 0 saturated carbocycles. The van der Waals surface area contributed by atoms with Gasteiger partial charge in [-0.2, -0.15) is 0 Å². The van der Waals surface area contributed by atoms with Gasteiger partial charge < -0.3 is 18.4 Å². The summed E-state index contributed by atoms with van der Waals surface area (Å²) in [5.41, 5.74) is 1.19. The molecule has 1 heterocycles. The van der Waals surface area contributed by atoms with E-state index >= 15 is 0 Å². The molecule has 0 saturated heterocycles. The van der Waals surface area contributed by atoms with Crippen LogP contribution in [0.1, 0.15) is 74.9 Å². The van der Waals surface area contributed by atoms with Crippen LogP contribution in [-0.4, -0.2) is 16.0 Å². The number of carbonyl (C=O) groups is 1. The molecule has 1 aromatic heterocycles. The van der Waals surface area contributed by atoms with Crippen molar-refractivity contribution in [2.75, 3.05) is 4.72 Å². The fourth-order valence-electron chi connectivity index (χ4n) is 2.89. The van der Waals surface area contributed by atoms with Crippen molar-refractivity contribution >= 4 is 33.2 Å². The second-order valence-electron chi connectivity index (χ2n) is 7.97. The van der Waals surface area contributed by atoms with Crippen LogP contribution in [0.3, 0.4) is 0 Å². The molecule has 1 aromatic carbocycles. The van der Waals surface area contributed by atoms with Crippen molar-refractivity contribution in [1.29, 1.82) is 0 Å². The molecular weight excluding hydrogens is 413 g/mol. The molecule has 2 rings (SSSR count). The van der Waals surface area contributed by atoms with Crippen LogP contribution >= 0.6 is 11.3 Å². The summed E-state index contributed by atoms with van der Waals surface area (Å²) in [6, 6.07) is 2.89. The van der Waals surface area contributed by atoms with E-state index in [4.69, 9.17) is 0 Å². The number of benzene rings is 1. The first kappa shape index (κ1) is 23.4. The zero-order chi connectivity index (χ0) is 21.9. The molecule has 29 heavy (non-hydrogen) atoms. The lowest BCUT2D eigenvalue weighted by atomic mass is 9.87. The summed E-state index contributed by atoms with van der Waals surface area (Å²) in [6.45, 7) is 11.0. The van der Waals surface area contributed by atoms with Crippen molar-refractivity contribution in [3.8, 4) is 0 Å². The number of halogens is 1. The van der Waals surface area contributed by atoms with Gasteiger partial charge in [0.1, 0.15) is 5.82 Å². The Kier molecular flexibility index (Phi) is 7.53. The third-order valence-corrected chi connectivity index (χ3v) is 6.42. The SMILES string of the molecule is CC(C)c1cc(F)cc(C(C)C)c1CC(=O)N=[S-](=O)Nc1ncc(C(C)(C)O)s1. The molecule has 0 spiro atoms. The van der Waals surface area contributed by atoms with Gasteiger partial charge >= 0.3 is 0 Å². The van der Waals surface area contributed by atoms with Gasteiger partial charge in [-0.05, 0) is 54.5 Å². The van der Waals surface area contributed by atoms with Gasteiger partial charge in [0.15, 0.2) is 5.13 Å². The number of aromatic nitrogens is 1. The Labute approximate surface area is 176 Å². The number of hydrogen-bond donors (Lipinski definition) is 2. The highest BCUT2D eigenvalue weighted by atomic mass is 32.2. The summed E-state index contributed by atoms with van der Waals surface area (Å²) in [4.78, 5) is 17.1. The van der Waals surface area contributed by atoms with Gasteiger partial charge in [0, 0.05) is 6.20 Å².